The SMILES string of the molecule is CC=N[C@@H]1OC(C(=O)O)[C@@H](O)C(O)C1O. The Morgan fingerprint density at radius 3 is 2.33 bits per heavy atom. The van der Waals surface area contributed by atoms with Gasteiger partial charge in [-0.2, -0.15) is 0 Å². The molecule has 0 aromatic rings. The molecule has 7 nitrogen and oxygen atoms in total. The third kappa shape index (κ3) is 2.32. The predicted octanol–water partition coefficient (Wildman–Crippen LogP) is -2.03. The van der Waals surface area contributed by atoms with Crippen molar-refractivity contribution in [2.45, 2.75) is 37.6 Å². The summed E-state index contributed by atoms with van der Waals surface area (Å²) in [6, 6.07) is 0. The molecule has 1 aliphatic heterocycles. The highest BCUT2D eigenvalue weighted by molar-refractivity contribution is 5.73. The maximum atomic E-state index is 10.6. The molecule has 1 aliphatic rings. The molecular formula is C8H13NO6. The number of hydrogen-bond donors (Lipinski definition) is 4. The predicted molar refractivity (Wildman–Crippen MR) is 48.5 cm³/mol. The number of rotatable bonds is 2. The average molecular weight is 219 g/mol. The van der Waals surface area contributed by atoms with Crippen LogP contribution in [0.3, 0.4) is 0 Å². The highest BCUT2D eigenvalue weighted by Gasteiger charge is 2.46. The molecule has 7 heteroatoms. The first-order chi connectivity index (χ1) is 6.99. The van der Waals surface area contributed by atoms with Crippen molar-refractivity contribution in [3.8, 4) is 0 Å². The molecule has 0 saturated carbocycles. The van der Waals surface area contributed by atoms with Crippen molar-refractivity contribution < 1.29 is 30.0 Å². The average Bonchev–Trinajstić information content (AvgIpc) is 2.18. The van der Waals surface area contributed by atoms with E-state index in [4.69, 9.17) is 9.84 Å². The zero-order valence-corrected chi connectivity index (χ0v) is 8.02. The van der Waals surface area contributed by atoms with E-state index in [1.165, 1.54) is 6.21 Å². The van der Waals surface area contributed by atoms with E-state index >= 15 is 0 Å². The minimum Gasteiger partial charge on any atom is -0.479 e. The second-order valence-electron chi connectivity index (χ2n) is 3.16. The Kier molecular flexibility index (Phi) is 3.75. The number of carboxylic acid groups (broad SMARTS) is 1. The molecule has 15 heavy (non-hydrogen) atoms. The third-order valence-electron chi connectivity index (χ3n) is 2.13. The van der Waals surface area contributed by atoms with Gasteiger partial charge in [0.2, 0.25) is 0 Å². The molecule has 1 fully saturated rings. The van der Waals surface area contributed by atoms with Crippen molar-refractivity contribution in [1.82, 2.24) is 0 Å². The molecule has 0 spiro atoms. The van der Waals surface area contributed by atoms with Gasteiger partial charge in [-0.25, -0.2) is 4.79 Å². The molecule has 86 valence electrons. The Balaban J connectivity index is 2.84. The van der Waals surface area contributed by atoms with E-state index < -0.39 is 36.6 Å². The molecule has 1 heterocycles. The van der Waals surface area contributed by atoms with Crippen LogP contribution >= 0.6 is 0 Å². The lowest BCUT2D eigenvalue weighted by Gasteiger charge is -2.36. The van der Waals surface area contributed by atoms with Crippen LogP contribution < -0.4 is 0 Å². The Labute approximate surface area is 85.6 Å². The number of carbonyl (C=O) groups is 1. The number of hydrogen-bond acceptors (Lipinski definition) is 6. The Morgan fingerprint density at radius 1 is 1.27 bits per heavy atom. The summed E-state index contributed by atoms with van der Waals surface area (Å²) in [4.78, 5) is 14.3. The fourth-order valence-corrected chi connectivity index (χ4v) is 1.34. The molecule has 0 aromatic carbocycles. The quantitative estimate of drug-likeness (QED) is 0.397. The topological polar surface area (TPSA) is 120 Å². The van der Waals surface area contributed by atoms with E-state index in [1.807, 2.05) is 0 Å². The Bertz CT molecular complexity index is 268. The monoisotopic (exact) mass is 219 g/mol. The van der Waals surface area contributed by atoms with Gasteiger partial charge in [-0.1, -0.05) is 0 Å². The van der Waals surface area contributed by atoms with Crippen LogP contribution in [0, 0.1) is 0 Å². The smallest absolute Gasteiger partial charge is 0.335 e. The molecule has 0 bridgehead atoms. The first kappa shape index (κ1) is 12.1. The second-order valence-corrected chi connectivity index (χ2v) is 3.16. The van der Waals surface area contributed by atoms with Gasteiger partial charge in [0.25, 0.3) is 0 Å². The van der Waals surface area contributed by atoms with Crippen LogP contribution in [-0.4, -0.2) is 63.3 Å². The molecule has 0 aromatic heterocycles. The van der Waals surface area contributed by atoms with Crippen LogP contribution in [0.2, 0.25) is 0 Å². The molecule has 4 N–H and O–H groups in total. The Morgan fingerprint density at radius 2 is 1.87 bits per heavy atom. The Hall–Kier alpha value is -1.02. The van der Waals surface area contributed by atoms with Gasteiger partial charge in [0, 0.05) is 0 Å². The number of aliphatic hydroxyl groups is 3. The van der Waals surface area contributed by atoms with Gasteiger partial charge in [0.15, 0.2) is 12.3 Å². The zero-order chi connectivity index (χ0) is 11.6. The van der Waals surface area contributed by atoms with E-state index in [2.05, 4.69) is 4.99 Å². The van der Waals surface area contributed by atoms with Crippen molar-refractivity contribution in [2.75, 3.05) is 0 Å². The van der Waals surface area contributed by atoms with Crippen LogP contribution in [0.5, 0.6) is 0 Å². The number of nitrogens with zero attached hydrogens (tertiary/aromatic N) is 1. The molecule has 0 amide bonds. The number of aliphatic carboxylic acids is 1. The lowest BCUT2D eigenvalue weighted by atomic mass is 9.98. The highest BCUT2D eigenvalue weighted by Crippen LogP contribution is 2.21. The molecule has 0 aliphatic carbocycles. The van der Waals surface area contributed by atoms with Crippen LogP contribution in [-0.2, 0) is 9.53 Å². The lowest BCUT2D eigenvalue weighted by Crippen LogP contribution is -2.59. The maximum absolute atomic E-state index is 10.6. The van der Waals surface area contributed by atoms with Gasteiger partial charge in [0.1, 0.15) is 18.3 Å². The molecule has 5 atom stereocenters. The van der Waals surface area contributed by atoms with Crippen molar-refractivity contribution in [1.29, 1.82) is 0 Å². The summed E-state index contributed by atoms with van der Waals surface area (Å²) in [5, 5.41) is 36.7. The number of carboxylic acids is 1. The largest absolute Gasteiger partial charge is 0.479 e. The van der Waals surface area contributed by atoms with Crippen molar-refractivity contribution in [3.05, 3.63) is 0 Å². The minimum atomic E-state index is -1.67. The number of aliphatic imine (C=N–C) groups is 1. The molecule has 0 radical (unpaired) electrons. The van der Waals surface area contributed by atoms with E-state index in [0.29, 0.717) is 0 Å². The van der Waals surface area contributed by atoms with Gasteiger partial charge in [0.05, 0.1) is 0 Å². The number of ether oxygens (including phenoxy) is 1. The summed E-state index contributed by atoms with van der Waals surface area (Å²) in [5.74, 6) is -1.41. The van der Waals surface area contributed by atoms with Gasteiger partial charge < -0.3 is 25.2 Å². The zero-order valence-electron chi connectivity index (χ0n) is 8.02. The van der Waals surface area contributed by atoms with E-state index in [1.54, 1.807) is 6.92 Å². The summed E-state index contributed by atoms with van der Waals surface area (Å²) >= 11 is 0. The molecule has 1 rings (SSSR count). The van der Waals surface area contributed by atoms with E-state index in [0.717, 1.165) is 0 Å². The first-order valence-corrected chi connectivity index (χ1v) is 4.39. The van der Waals surface area contributed by atoms with Crippen LogP contribution in [0.1, 0.15) is 6.92 Å². The van der Waals surface area contributed by atoms with E-state index in [-0.39, 0.29) is 0 Å². The summed E-state index contributed by atoms with van der Waals surface area (Å²) in [5.41, 5.74) is 0. The molecule has 1 saturated heterocycles. The fraction of sp³-hybridized carbons (Fsp3) is 0.750. The highest BCUT2D eigenvalue weighted by atomic mass is 16.6. The van der Waals surface area contributed by atoms with E-state index in [9.17, 15) is 20.1 Å². The molecular weight excluding hydrogens is 206 g/mol. The normalized spacial score (nSPS) is 42.0. The van der Waals surface area contributed by atoms with Gasteiger partial charge in [-0.3, -0.25) is 4.99 Å². The number of aliphatic hydroxyl groups excluding tert-OH is 3. The standard InChI is InChI=1S/C8H13NO6/c1-2-9-7-5(12)3(10)4(11)6(15-7)8(13)14/h2-7,10-12H,1H3,(H,13,14)/t3?,4-,5?,6?,7+/m0/s1. The van der Waals surface area contributed by atoms with Crippen LogP contribution in [0.25, 0.3) is 0 Å². The minimum absolute atomic E-state index is 1.17. The third-order valence-corrected chi connectivity index (χ3v) is 2.13. The van der Waals surface area contributed by atoms with Crippen LogP contribution in [0.15, 0.2) is 4.99 Å². The van der Waals surface area contributed by atoms with Crippen molar-refractivity contribution >= 4 is 12.2 Å². The van der Waals surface area contributed by atoms with Crippen molar-refractivity contribution in [2.24, 2.45) is 4.99 Å². The van der Waals surface area contributed by atoms with Crippen molar-refractivity contribution in [3.63, 3.8) is 0 Å². The summed E-state index contributed by atoms with van der Waals surface area (Å²) < 4.78 is 4.83. The fourth-order valence-electron chi connectivity index (χ4n) is 1.34. The lowest BCUT2D eigenvalue weighted by molar-refractivity contribution is -0.225. The maximum Gasteiger partial charge on any atom is 0.335 e. The van der Waals surface area contributed by atoms with Gasteiger partial charge in [-0.05, 0) is 13.1 Å². The first-order valence-electron chi connectivity index (χ1n) is 4.39. The van der Waals surface area contributed by atoms with Gasteiger partial charge in [-0.15, -0.1) is 0 Å². The molecule has 3 unspecified atom stereocenters. The summed E-state index contributed by atoms with van der Waals surface area (Å²) in [6.45, 7) is 1.56. The summed E-state index contributed by atoms with van der Waals surface area (Å²) in [6.07, 6.45) is -6.13. The van der Waals surface area contributed by atoms with Gasteiger partial charge >= 0.3 is 5.97 Å². The van der Waals surface area contributed by atoms with Crippen LogP contribution in [0.4, 0.5) is 0 Å². The second kappa shape index (κ2) is 4.67. The summed E-state index contributed by atoms with van der Waals surface area (Å²) in [7, 11) is 0.